The molecule has 0 heterocycles. The van der Waals surface area contributed by atoms with Gasteiger partial charge in [0.15, 0.2) is 0 Å². The monoisotopic (exact) mass is 318 g/mol. The van der Waals surface area contributed by atoms with Crippen LogP contribution in [0.5, 0.6) is 0 Å². The molecule has 0 saturated carbocycles. The lowest BCUT2D eigenvalue weighted by molar-refractivity contribution is 0.251. The van der Waals surface area contributed by atoms with Gasteiger partial charge in [0, 0.05) is 16.7 Å². The van der Waals surface area contributed by atoms with Crippen molar-refractivity contribution in [2.24, 2.45) is 0 Å². The summed E-state index contributed by atoms with van der Waals surface area (Å²) >= 11 is 3.45. The summed E-state index contributed by atoms with van der Waals surface area (Å²) in [6.45, 7) is 2.45. The Balaban J connectivity index is 1.92. The third kappa shape index (κ3) is 3.83. The number of nitrogens with one attached hydrogen (secondary N) is 2. The molecule has 2 rings (SSSR count). The standard InChI is InChI=1S/C15H15BrN2O/c1-11-6-2-5-9-14(11)18-15(19)17-10-12-7-3-4-8-13(12)16/h2-9H,10H2,1H3,(H2,17,18,19). The molecule has 0 bridgehead atoms. The fourth-order valence-electron chi connectivity index (χ4n) is 1.70. The summed E-state index contributed by atoms with van der Waals surface area (Å²) in [6.07, 6.45) is 0. The molecular weight excluding hydrogens is 304 g/mol. The number of para-hydroxylation sites is 1. The van der Waals surface area contributed by atoms with Gasteiger partial charge < -0.3 is 10.6 Å². The first kappa shape index (κ1) is 13.6. The van der Waals surface area contributed by atoms with Gasteiger partial charge >= 0.3 is 6.03 Å². The van der Waals surface area contributed by atoms with Crippen LogP contribution in [0.25, 0.3) is 0 Å². The highest BCUT2D eigenvalue weighted by Crippen LogP contribution is 2.16. The first-order valence-corrected chi connectivity index (χ1v) is 6.80. The molecule has 2 amide bonds. The first-order chi connectivity index (χ1) is 9.16. The fourth-order valence-corrected chi connectivity index (χ4v) is 2.12. The minimum atomic E-state index is -0.204. The molecule has 0 spiro atoms. The molecule has 3 nitrogen and oxygen atoms in total. The third-order valence-electron chi connectivity index (χ3n) is 2.79. The van der Waals surface area contributed by atoms with Gasteiger partial charge in [0.25, 0.3) is 0 Å². The summed E-state index contributed by atoms with van der Waals surface area (Å²) in [6, 6.07) is 15.3. The SMILES string of the molecule is Cc1ccccc1NC(=O)NCc1ccccc1Br. The van der Waals surface area contributed by atoms with Gasteiger partial charge in [0.1, 0.15) is 0 Å². The Kier molecular flexibility index (Phi) is 4.58. The van der Waals surface area contributed by atoms with Gasteiger partial charge in [0.2, 0.25) is 0 Å². The van der Waals surface area contributed by atoms with Crippen LogP contribution in [0.3, 0.4) is 0 Å². The second-order valence-electron chi connectivity index (χ2n) is 4.21. The number of urea groups is 1. The first-order valence-electron chi connectivity index (χ1n) is 6.00. The number of anilines is 1. The van der Waals surface area contributed by atoms with Crippen LogP contribution >= 0.6 is 15.9 Å². The average molecular weight is 319 g/mol. The molecule has 19 heavy (non-hydrogen) atoms. The molecule has 0 atom stereocenters. The zero-order valence-electron chi connectivity index (χ0n) is 10.6. The van der Waals surface area contributed by atoms with Crippen molar-refractivity contribution in [2.75, 3.05) is 5.32 Å². The fraction of sp³-hybridized carbons (Fsp3) is 0.133. The topological polar surface area (TPSA) is 41.1 Å². The third-order valence-corrected chi connectivity index (χ3v) is 3.56. The summed E-state index contributed by atoms with van der Waals surface area (Å²) < 4.78 is 0.992. The summed E-state index contributed by atoms with van der Waals surface area (Å²) in [4.78, 5) is 11.8. The molecule has 0 radical (unpaired) electrons. The van der Waals surface area contributed by atoms with E-state index in [0.29, 0.717) is 6.54 Å². The molecule has 0 saturated heterocycles. The van der Waals surface area contributed by atoms with Crippen LogP contribution in [-0.2, 0) is 6.54 Å². The van der Waals surface area contributed by atoms with E-state index in [9.17, 15) is 4.79 Å². The molecule has 4 heteroatoms. The molecule has 2 aromatic rings. The predicted molar refractivity (Wildman–Crippen MR) is 81.2 cm³/mol. The van der Waals surface area contributed by atoms with E-state index in [-0.39, 0.29) is 6.03 Å². The van der Waals surface area contributed by atoms with Gasteiger partial charge in [-0.2, -0.15) is 0 Å². The Hall–Kier alpha value is -1.81. The predicted octanol–water partition coefficient (Wildman–Crippen LogP) is 4.08. The number of halogens is 1. The van der Waals surface area contributed by atoms with Crippen LogP contribution in [0.2, 0.25) is 0 Å². The molecule has 0 aliphatic rings. The Morgan fingerprint density at radius 1 is 1.11 bits per heavy atom. The Morgan fingerprint density at radius 3 is 2.53 bits per heavy atom. The van der Waals surface area contributed by atoms with Crippen molar-refractivity contribution >= 4 is 27.6 Å². The lowest BCUT2D eigenvalue weighted by Gasteiger charge is -2.10. The number of benzene rings is 2. The molecule has 0 aromatic heterocycles. The lowest BCUT2D eigenvalue weighted by atomic mass is 10.2. The zero-order chi connectivity index (χ0) is 13.7. The van der Waals surface area contributed by atoms with Crippen molar-refractivity contribution in [2.45, 2.75) is 13.5 Å². The Labute approximate surface area is 121 Å². The second kappa shape index (κ2) is 6.38. The Bertz CT molecular complexity index is 584. The van der Waals surface area contributed by atoms with Crippen LogP contribution in [-0.4, -0.2) is 6.03 Å². The number of hydrogen-bond acceptors (Lipinski definition) is 1. The maximum Gasteiger partial charge on any atom is 0.319 e. The minimum Gasteiger partial charge on any atom is -0.334 e. The maximum atomic E-state index is 11.8. The summed E-state index contributed by atoms with van der Waals surface area (Å²) in [5.74, 6) is 0. The van der Waals surface area contributed by atoms with E-state index in [1.54, 1.807) is 0 Å². The molecule has 0 aliphatic carbocycles. The smallest absolute Gasteiger partial charge is 0.319 e. The van der Waals surface area contributed by atoms with Crippen LogP contribution in [0.15, 0.2) is 53.0 Å². The van der Waals surface area contributed by atoms with Crippen molar-refractivity contribution < 1.29 is 4.79 Å². The van der Waals surface area contributed by atoms with Crippen molar-refractivity contribution in [1.82, 2.24) is 5.32 Å². The van der Waals surface area contributed by atoms with E-state index in [2.05, 4.69) is 26.6 Å². The number of hydrogen-bond donors (Lipinski definition) is 2. The minimum absolute atomic E-state index is 0.204. The van der Waals surface area contributed by atoms with Crippen LogP contribution < -0.4 is 10.6 Å². The molecular formula is C15H15BrN2O. The van der Waals surface area contributed by atoms with E-state index in [4.69, 9.17) is 0 Å². The van der Waals surface area contributed by atoms with Crippen molar-refractivity contribution in [1.29, 1.82) is 0 Å². The summed E-state index contributed by atoms with van der Waals surface area (Å²) in [5, 5.41) is 5.67. The van der Waals surface area contributed by atoms with Crippen LogP contribution in [0, 0.1) is 6.92 Å². The van der Waals surface area contributed by atoms with Gasteiger partial charge in [-0.15, -0.1) is 0 Å². The van der Waals surface area contributed by atoms with E-state index >= 15 is 0 Å². The van der Waals surface area contributed by atoms with Crippen LogP contribution in [0.1, 0.15) is 11.1 Å². The number of amides is 2. The van der Waals surface area contributed by atoms with Crippen molar-refractivity contribution in [3.63, 3.8) is 0 Å². The van der Waals surface area contributed by atoms with Crippen LogP contribution in [0.4, 0.5) is 10.5 Å². The molecule has 98 valence electrons. The van der Waals surface area contributed by atoms with E-state index in [1.807, 2.05) is 55.5 Å². The van der Waals surface area contributed by atoms with Gasteiger partial charge in [-0.25, -0.2) is 4.79 Å². The van der Waals surface area contributed by atoms with Gasteiger partial charge in [-0.1, -0.05) is 52.3 Å². The summed E-state index contributed by atoms with van der Waals surface area (Å²) in [7, 11) is 0. The highest BCUT2D eigenvalue weighted by molar-refractivity contribution is 9.10. The van der Waals surface area contributed by atoms with E-state index in [1.165, 1.54) is 0 Å². The Morgan fingerprint density at radius 2 is 1.79 bits per heavy atom. The zero-order valence-corrected chi connectivity index (χ0v) is 12.2. The average Bonchev–Trinajstić information content (AvgIpc) is 2.40. The number of aryl methyl sites for hydroxylation is 1. The molecule has 0 fully saturated rings. The quantitative estimate of drug-likeness (QED) is 0.879. The molecule has 0 aliphatic heterocycles. The van der Waals surface area contributed by atoms with E-state index in [0.717, 1.165) is 21.3 Å². The number of carbonyl (C=O) groups is 1. The van der Waals surface area contributed by atoms with Gasteiger partial charge in [0.05, 0.1) is 0 Å². The normalized spacial score (nSPS) is 10.0. The van der Waals surface area contributed by atoms with E-state index < -0.39 is 0 Å². The number of rotatable bonds is 3. The largest absolute Gasteiger partial charge is 0.334 e. The molecule has 0 unspecified atom stereocenters. The lowest BCUT2D eigenvalue weighted by Crippen LogP contribution is -2.28. The maximum absolute atomic E-state index is 11.8. The highest BCUT2D eigenvalue weighted by Gasteiger charge is 2.04. The van der Waals surface area contributed by atoms with Gasteiger partial charge in [-0.05, 0) is 30.2 Å². The van der Waals surface area contributed by atoms with Crippen molar-refractivity contribution in [3.05, 3.63) is 64.1 Å². The van der Waals surface area contributed by atoms with Crippen molar-refractivity contribution in [3.8, 4) is 0 Å². The number of carbonyl (C=O) groups excluding carboxylic acids is 1. The second-order valence-corrected chi connectivity index (χ2v) is 5.07. The molecule has 2 N–H and O–H groups in total. The molecule has 2 aromatic carbocycles. The summed E-state index contributed by atoms with van der Waals surface area (Å²) in [5.41, 5.74) is 2.91. The van der Waals surface area contributed by atoms with Gasteiger partial charge in [-0.3, -0.25) is 0 Å². The highest BCUT2D eigenvalue weighted by atomic mass is 79.9.